The fourth-order valence-corrected chi connectivity index (χ4v) is 6.40. The van der Waals surface area contributed by atoms with E-state index < -0.39 is 0 Å². The van der Waals surface area contributed by atoms with Crippen LogP contribution in [0.15, 0.2) is 170 Å². The van der Waals surface area contributed by atoms with E-state index in [4.69, 9.17) is 69.8 Å². The minimum atomic E-state index is 0.392. The zero-order valence-corrected chi connectivity index (χ0v) is 32.8. The number of hydrogen-bond donors (Lipinski definition) is 4. The third kappa shape index (κ3) is 9.40. The summed E-state index contributed by atoms with van der Waals surface area (Å²) in [6.45, 7) is 0. The molecule has 0 heterocycles. The number of anilines is 4. The van der Waals surface area contributed by atoms with Crippen LogP contribution in [0.2, 0.25) is 10.0 Å². The molecule has 0 amide bonds. The van der Waals surface area contributed by atoms with Crippen molar-refractivity contribution in [2.75, 3.05) is 22.9 Å². The number of nitrogens with two attached hydrogens (primary N) is 4. The molecule has 0 saturated heterocycles. The summed E-state index contributed by atoms with van der Waals surface area (Å²) in [7, 11) is 0. The Hall–Kier alpha value is -7.46. The summed E-state index contributed by atoms with van der Waals surface area (Å²) in [5, 5.41) is 0.785. The average Bonchev–Trinajstić information content (AvgIpc) is 3.24. The van der Waals surface area contributed by atoms with E-state index in [0.29, 0.717) is 90.3 Å². The van der Waals surface area contributed by atoms with E-state index in [-0.39, 0.29) is 0 Å². The van der Waals surface area contributed by atoms with Crippen LogP contribution in [0.1, 0.15) is 0 Å². The largest absolute Gasteiger partial charge is 0.457 e. The molecule has 0 unspecified atom stereocenters. The van der Waals surface area contributed by atoms with E-state index >= 15 is 0 Å². The standard InChI is InChI=1S/C48H36Cl2N4O5/c49-43-27-39(17-21-45(43)53)57-37-19-23-47(41(25-37)29-1-9-33(10-2-29)55-35-13-5-31(51)6-14-35)59-48-24-20-38(58-40-18-22-46(54)44(50)28-40)26-42(48)30-3-11-34(12-4-30)56-36-15-7-32(52)8-16-36/h1-28H,51-54H2. The Morgan fingerprint density at radius 3 is 0.932 bits per heavy atom. The number of ether oxygens (including phenoxy) is 5. The van der Waals surface area contributed by atoms with E-state index in [2.05, 4.69) is 0 Å². The van der Waals surface area contributed by atoms with E-state index in [1.807, 2.05) is 109 Å². The second-order valence-electron chi connectivity index (χ2n) is 13.4. The molecule has 292 valence electrons. The molecule has 11 heteroatoms. The first kappa shape index (κ1) is 38.4. The Morgan fingerprint density at radius 2 is 0.576 bits per heavy atom. The maximum absolute atomic E-state index is 6.83. The summed E-state index contributed by atoms with van der Waals surface area (Å²) in [4.78, 5) is 0. The Balaban J connectivity index is 1.16. The van der Waals surface area contributed by atoms with Gasteiger partial charge in [-0.1, -0.05) is 47.5 Å². The molecule has 9 nitrogen and oxygen atoms in total. The zero-order valence-electron chi connectivity index (χ0n) is 31.3. The molecule has 0 aliphatic carbocycles. The molecule has 0 aliphatic rings. The summed E-state index contributed by atoms with van der Waals surface area (Å²) in [5.74, 6) is 5.90. The van der Waals surface area contributed by atoms with Crippen LogP contribution in [-0.2, 0) is 0 Å². The lowest BCUT2D eigenvalue weighted by Gasteiger charge is -2.18. The van der Waals surface area contributed by atoms with Crippen LogP contribution in [0.4, 0.5) is 22.7 Å². The van der Waals surface area contributed by atoms with Crippen molar-refractivity contribution in [1.82, 2.24) is 0 Å². The fraction of sp³-hybridized carbons (Fsp3) is 0. The summed E-state index contributed by atoms with van der Waals surface area (Å²) in [6.07, 6.45) is 0. The average molecular weight is 820 g/mol. The highest BCUT2D eigenvalue weighted by Gasteiger charge is 2.16. The van der Waals surface area contributed by atoms with Gasteiger partial charge in [0.1, 0.15) is 57.5 Å². The molecular formula is C48H36Cl2N4O5. The summed E-state index contributed by atoms with van der Waals surface area (Å²) >= 11 is 12.6. The molecule has 0 atom stereocenters. The first-order valence-electron chi connectivity index (χ1n) is 18.3. The predicted molar refractivity (Wildman–Crippen MR) is 238 cm³/mol. The third-order valence-corrected chi connectivity index (χ3v) is 9.75. The lowest BCUT2D eigenvalue weighted by atomic mass is 10.0. The fourth-order valence-electron chi connectivity index (χ4n) is 6.06. The second kappa shape index (κ2) is 17.0. The van der Waals surface area contributed by atoms with Gasteiger partial charge in [-0.05, 0) is 145 Å². The van der Waals surface area contributed by atoms with Crippen molar-refractivity contribution in [2.24, 2.45) is 0 Å². The lowest BCUT2D eigenvalue weighted by molar-refractivity contribution is 0.466. The topological polar surface area (TPSA) is 150 Å². The Bertz CT molecular complexity index is 2560. The van der Waals surface area contributed by atoms with Crippen LogP contribution in [0, 0.1) is 0 Å². The Morgan fingerprint density at radius 1 is 0.288 bits per heavy atom. The second-order valence-corrected chi connectivity index (χ2v) is 14.2. The number of rotatable bonds is 12. The van der Waals surface area contributed by atoms with Crippen LogP contribution in [0.5, 0.6) is 57.5 Å². The van der Waals surface area contributed by atoms with Crippen LogP contribution >= 0.6 is 23.2 Å². The van der Waals surface area contributed by atoms with E-state index in [1.54, 1.807) is 60.7 Å². The van der Waals surface area contributed by atoms with Crippen molar-refractivity contribution in [3.05, 3.63) is 180 Å². The van der Waals surface area contributed by atoms with Gasteiger partial charge in [-0.3, -0.25) is 0 Å². The van der Waals surface area contributed by atoms with Crippen molar-refractivity contribution in [2.45, 2.75) is 0 Å². The first-order valence-corrected chi connectivity index (χ1v) is 19.1. The van der Waals surface area contributed by atoms with Crippen molar-refractivity contribution >= 4 is 46.0 Å². The molecule has 0 aliphatic heterocycles. The predicted octanol–water partition coefficient (Wildman–Crippen LogP) is 13.6. The van der Waals surface area contributed by atoms with Gasteiger partial charge in [-0.2, -0.15) is 0 Å². The minimum Gasteiger partial charge on any atom is -0.457 e. The summed E-state index contributed by atoms with van der Waals surface area (Å²) in [5.41, 5.74) is 29.0. The lowest BCUT2D eigenvalue weighted by Crippen LogP contribution is -1.95. The molecule has 8 rings (SSSR count). The quantitative estimate of drug-likeness (QED) is 0.0883. The van der Waals surface area contributed by atoms with Gasteiger partial charge in [0, 0.05) is 34.6 Å². The molecular weight excluding hydrogens is 783 g/mol. The van der Waals surface area contributed by atoms with Crippen molar-refractivity contribution in [1.29, 1.82) is 0 Å². The van der Waals surface area contributed by atoms with E-state index in [1.165, 1.54) is 0 Å². The van der Waals surface area contributed by atoms with Gasteiger partial charge < -0.3 is 46.6 Å². The molecule has 8 N–H and O–H groups in total. The van der Waals surface area contributed by atoms with Gasteiger partial charge in [0.25, 0.3) is 0 Å². The highest BCUT2D eigenvalue weighted by Crippen LogP contribution is 2.43. The van der Waals surface area contributed by atoms with E-state index in [0.717, 1.165) is 22.3 Å². The number of halogens is 2. The minimum absolute atomic E-state index is 0.392. The molecule has 8 aromatic carbocycles. The van der Waals surface area contributed by atoms with Crippen LogP contribution in [0.3, 0.4) is 0 Å². The van der Waals surface area contributed by atoms with Gasteiger partial charge in [0.2, 0.25) is 0 Å². The summed E-state index contributed by atoms with van der Waals surface area (Å²) in [6, 6.07) is 51.2. The maximum atomic E-state index is 6.83. The highest BCUT2D eigenvalue weighted by molar-refractivity contribution is 6.33. The van der Waals surface area contributed by atoms with Gasteiger partial charge in [0.05, 0.1) is 21.4 Å². The number of benzene rings is 8. The van der Waals surface area contributed by atoms with Crippen LogP contribution in [-0.4, -0.2) is 0 Å². The first-order chi connectivity index (χ1) is 28.6. The van der Waals surface area contributed by atoms with E-state index in [9.17, 15) is 0 Å². The highest BCUT2D eigenvalue weighted by atomic mass is 35.5. The Kier molecular flexibility index (Phi) is 11.0. The van der Waals surface area contributed by atoms with Crippen molar-refractivity contribution < 1.29 is 23.7 Å². The normalized spacial score (nSPS) is 10.8. The molecule has 0 bridgehead atoms. The maximum Gasteiger partial charge on any atom is 0.135 e. The molecule has 8 aromatic rings. The van der Waals surface area contributed by atoms with Crippen molar-refractivity contribution in [3.8, 4) is 79.7 Å². The molecule has 0 saturated carbocycles. The SMILES string of the molecule is Nc1ccc(Oc2ccc(-c3cc(Oc4ccc(N)c(Cl)c4)ccc3Oc3ccc(Oc4ccc(N)c(Cl)c4)cc3-c3ccc(Oc4ccc(N)cc4)cc3)cc2)cc1. The molecule has 0 spiro atoms. The zero-order chi connectivity index (χ0) is 40.9. The molecule has 59 heavy (non-hydrogen) atoms. The monoisotopic (exact) mass is 818 g/mol. The smallest absolute Gasteiger partial charge is 0.135 e. The van der Waals surface area contributed by atoms with Gasteiger partial charge in [-0.25, -0.2) is 0 Å². The van der Waals surface area contributed by atoms with Crippen molar-refractivity contribution in [3.63, 3.8) is 0 Å². The molecule has 0 radical (unpaired) electrons. The van der Waals surface area contributed by atoms with Crippen LogP contribution in [0.25, 0.3) is 22.3 Å². The molecule has 0 fully saturated rings. The molecule has 0 aromatic heterocycles. The summed E-state index contributed by atoms with van der Waals surface area (Å²) < 4.78 is 31.5. The van der Waals surface area contributed by atoms with Gasteiger partial charge in [-0.15, -0.1) is 0 Å². The van der Waals surface area contributed by atoms with Crippen LogP contribution < -0.4 is 46.6 Å². The van der Waals surface area contributed by atoms with Gasteiger partial charge >= 0.3 is 0 Å². The number of hydrogen-bond acceptors (Lipinski definition) is 9. The third-order valence-electron chi connectivity index (χ3n) is 9.10. The number of nitrogen functional groups attached to an aromatic ring is 4. The Labute approximate surface area is 350 Å². The van der Waals surface area contributed by atoms with Gasteiger partial charge in [0.15, 0.2) is 0 Å².